The van der Waals surface area contributed by atoms with Gasteiger partial charge in [-0.15, -0.1) is 0 Å². The van der Waals surface area contributed by atoms with Gasteiger partial charge in [0, 0.05) is 12.2 Å². The van der Waals surface area contributed by atoms with E-state index in [4.69, 9.17) is 14.7 Å². The maximum atomic E-state index is 12.8. The number of carbonyl (C=O) groups is 1. The Balaban J connectivity index is 1.92. The van der Waals surface area contributed by atoms with Crippen LogP contribution in [0.5, 0.6) is 5.75 Å². The van der Waals surface area contributed by atoms with Crippen LogP contribution in [-0.2, 0) is 16.1 Å². The van der Waals surface area contributed by atoms with Crippen LogP contribution >= 0.6 is 0 Å². The Hall–Kier alpha value is -3.04. The zero-order valence-electron chi connectivity index (χ0n) is 17.7. The van der Waals surface area contributed by atoms with E-state index in [1.165, 1.54) is 12.8 Å². The zero-order valence-corrected chi connectivity index (χ0v) is 17.7. The standard InChI is InChI=1S/C24H29N3O3/c1-3-29-22-14-19(17-27-11-5-6-12-27)13-20(15-22)23(24(28)30-4-2)26-21-9-7-18(16-25)8-10-21/h7-10,13-15,23,26H,3-6,11-12,17H2,1-2H3. The maximum Gasteiger partial charge on any atom is 0.333 e. The lowest BCUT2D eigenvalue weighted by atomic mass is 10.0. The number of esters is 1. The number of benzene rings is 2. The van der Waals surface area contributed by atoms with Crippen molar-refractivity contribution < 1.29 is 14.3 Å². The number of hydrogen-bond donors (Lipinski definition) is 1. The molecule has 30 heavy (non-hydrogen) atoms. The van der Waals surface area contributed by atoms with E-state index in [2.05, 4.69) is 28.4 Å². The van der Waals surface area contributed by atoms with E-state index in [-0.39, 0.29) is 5.97 Å². The smallest absolute Gasteiger partial charge is 0.333 e. The van der Waals surface area contributed by atoms with Crippen LogP contribution in [0.25, 0.3) is 0 Å². The first-order chi connectivity index (χ1) is 14.6. The first-order valence-corrected chi connectivity index (χ1v) is 10.5. The molecule has 1 aliphatic heterocycles. The second kappa shape index (κ2) is 10.7. The fourth-order valence-corrected chi connectivity index (χ4v) is 3.70. The number of nitrogens with one attached hydrogen (secondary N) is 1. The van der Waals surface area contributed by atoms with Crippen molar-refractivity contribution in [3.63, 3.8) is 0 Å². The average Bonchev–Trinajstić information content (AvgIpc) is 3.25. The van der Waals surface area contributed by atoms with Crippen LogP contribution in [0.4, 0.5) is 5.69 Å². The van der Waals surface area contributed by atoms with E-state index < -0.39 is 6.04 Å². The SMILES string of the molecule is CCOC(=O)C(Nc1ccc(C#N)cc1)c1cc(CN2CCCC2)cc(OCC)c1. The van der Waals surface area contributed by atoms with E-state index in [0.29, 0.717) is 18.8 Å². The molecule has 1 fully saturated rings. The third-order valence-electron chi connectivity index (χ3n) is 5.09. The van der Waals surface area contributed by atoms with E-state index in [1.807, 2.05) is 13.0 Å². The number of carbonyl (C=O) groups excluding carboxylic acids is 1. The third-order valence-corrected chi connectivity index (χ3v) is 5.09. The number of likely N-dealkylation sites (tertiary alicyclic amines) is 1. The Labute approximate surface area is 178 Å². The zero-order chi connectivity index (χ0) is 21.3. The van der Waals surface area contributed by atoms with Gasteiger partial charge in [0.25, 0.3) is 0 Å². The summed E-state index contributed by atoms with van der Waals surface area (Å²) in [6.45, 7) is 7.63. The second-order valence-corrected chi connectivity index (χ2v) is 7.35. The third kappa shape index (κ3) is 5.74. The van der Waals surface area contributed by atoms with Gasteiger partial charge in [-0.2, -0.15) is 5.26 Å². The fraction of sp³-hybridized carbons (Fsp3) is 0.417. The Kier molecular flexibility index (Phi) is 7.69. The summed E-state index contributed by atoms with van der Waals surface area (Å²) in [6.07, 6.45) is 2.45. The van der Waals surface area contributed by atoms with Crippen LogP contribution in [0.3, 0.4) is 0 Å². The summed E-state index contributed by atoms with van der Waals surface area (Å²) in [6, 6.07) is 14.5. The minimum Gasteiger partial charge on any atom is -0.494 e. The van der Waals surface area contributed by atoms with Crippen molar-refractivity contribution in [1.82, 2.24) is 4.90 Å². The van der Waals surface area contributed by atoms with E-state index in [1.54, 1.807) is 31.2 Å². The van der Waals surface area contributed by atoms with Crippen molar-refractivity contribution in [3.05, 3.63) is 59.2 Å². The molecule has 1 unspecified atom stereocenters. The van der Waals surface area contributed by atoms with Crippen LogP contribution in [0.2, 0.25) is 0 Å². The molecule has 3 rings (SSSR count). The molecule has 2 aromatic rings. The van der Waals surface area contributed by atoms with Gasteiger partial charge in [-0.05, 0) is 87.3 Å². The monoisotopic (exact) mass is 407 g/mol. The molecule has 1 aliphatic rings. The number of nitrogens with zero attached hydrogens (tertiary/aromatic N) is 2. The Morgan fingerprint density at radius 1 is 1.13 bits per heavy atom. The summed E-state index contributed by atoms with van der Waals surface area (Å²) in [7, 11) is 0. The quantitative estimate of drug-likeness (QED) is 0.626. The van der Waals surface area contributed by atoms with Crippen molar-refractivity contribution >= 4 is 11.7 Å². The maximum absolute atomic E-state index is 12.8. The molecule has 0 aromatic heterocycles. The van der Waals surface area contributed by atoms with Crippen LogP contribution in [0.1, 0.15) is 49.4 Å². The summed E-state index contributed by atoms with van der Waals surface area (Å²) < 4.78 is 11.1. The molecule has 158 valence electrons. The Bertz CT molecular complexity index is 884. The molecule has 0 spiro atoms. The highest BCUT2D eigenvalue weighted by atomic mass is 16.5. The summed E-state index contributed by atoms with van der Waals surface area (Å²) in [4.78, 5) is 15.2. The molecular formula is C24H29N3O3. The Morgan fingerprint density at radius 2 is 1.87 bits per heavy atom. The van der Waals surface area contributed by atoms with Crippen molar-refractivity contribution in [2.24, 2.45) is 0 Å². The number of hydrogen-bond acceptors (Lipinski definition) is 6. The van der Waals surface area contributed by atoms with E-state index in [0.717, 1.165) is 42.2 Å². The molecule has 1 atom stereocenters. The van der Waals surface area contributed by atoms with Crippen molar-refractivity contribution in [2.45, 2.75) is 39.3 Å². The van der Waals surface area contributed by atoms with Gasteiger partial charge >= 0.3 is 5.97 Å². The normalized spacial score (nSPS) is 14.7. The molecule has 2 aromatic carbocycles. The highest BCUT2D eigenvalue weighted by Gasteiger charge is 2.24. The summed E-state index contributed by atoms with van der Waals surface area (Å²) in [5.74, 6) is 0.405. The van der Waals surface area contributed by atoms with Crippen LogP contribution < -0.4 is 10.1 Å². The van der Waals surface area contributed by atoms with Gasteiger partial charge in [0.2, 0.25) is 0 Å². The van der Waals surface area contributed by atoms with Crippen LogP contribution in [0, 0.1) is 11.3 Å². The van der Waals surface area contributed by atoms with Gasteiger partial charge < -0.3 is 14.8 Å². The van der Waals surface area contributed by atoms with Gasteiger partial charge in [-0.1, -0.05) is 6.07 Å². The predicted octanol–water partition coefficient (Wildman–Crippen LogP) is 4.27. The van der Waals surface area contributed by atoms with E-state index in [9.17, 15) is 4.79 Å². The number of nitriles is 1. The number of anilines is 1. The van der Waals surface area contributed by atoms with Crippen LogP contribution in [0.15, 0.2) is 42.5 Å². The first kappa shape index (κ1) is 21.7. The van der Waals surface area contributed by atoms with Gasteiger partial charge in [-0.3, -0.25) is 4.90 Å². The lowest BCUT2D eigenvalue weighted by Gasteiger charge is -2.22. The van der Waals surface area contributed by atoms with Crippen LogP contribution in [-0.4, -0.2) is 37.2 Å². The predicted molar refractivity (Wildman–Crippen MR) is 116 cm³/mol. The summed E-state index contributed by atoms with van der Waals surface area (Å²) in [5, 5.41) is 12.3. The molecule has 1 N–H and O–H groups in total. The van der Waals surface area contributed by atoms with Crippen molar-refractivity contribution in [3.8, 4) is 11.8 Å². The lowest BCUT2D eigenvalue weighted by Crippen LogP contribution is -2.24. The largest absolute Gasteiger partial charge is 0.494 e. The highest BCUT2D eigenvalue weighted by Crippen LogP contribution is 2.28. The first-order valence-electron chi connectivity index (χ1n) is 10.5. The van der Waals surface area contributed by atoms with Gasteiger partial charge in [-0.25, -0.2) is 4.79 Å². The molecule has 1 heterocycles. The molecule has 0 radical (unpaired) electrons. The molecule has 0 bridgehead atoms. The second-order valence-electron chi connectivity index (χ2n) is 7.35. The summed E-state index contributed by atoms with van der Waals surface area (Å²) in [5.41, 5.74) is 3.24. The minimum atomic E-state index is -0.671. The average molecular weight is 408 g/mol. The van der Waals surface area contributed by atoms with Gasteiger partial charge in [0.05, 0.1) is 24.8 Å². The number of rotatable bonds is 9. The molecule has 6 heteroatoms. The minimum absolute atomic E-state index is 0.302. The molecular weight excluding hydrogens is 378 g/mol. The highest BCUT2D eigenvalue weighted by molar-refractivity contribution is 5.81. The summed E-state index contributed by atoms with van der Waals surface area (Å²) >= 11 is 0. The van der Waals surface area contributed by atoms with E-state index >= 15 is 0 Å². The van der Waals surface area contributed by atoms with Crippen molar-refractivity contribution in [1.29, 1.82) is 5.26 Å². The van der Waals surface area contributed by atoms with Gasteiger partial charge in [0.15, 0.2) is 6.04 Å². The number of ether oxygens (including phenoxy) is 2. The Morgan fingerprint density at radius 3 is 2.50 bits per heavy atom. The molecule has 6 nitrogen and oxygen atoms in total. The topological polar surface area (TPSA) is 74.6 Å². The fourth-order valence-electron chi connectivity index (χ4n) is 3.70. The molecule has 0 amide bonds. The molecule has 0 aliphatic carbocycles. The molecule has 0 saturated carbocycles. The lowest BCUT2D eigenvalue weighted by molar-refractivity contribution is -0.144. The van der Waals surface area contributed by atoms with Crippen molar-refractivity contribution in [2.75, 3.05) is 31.6 Å². The molecule has 1 saturated heterocycles. The van der Waals surface area contributed by atoms with Gasteiger partial charge in [0.1, 0.15) is 5.75 Å².